The van der Waals surface area contributed by atoms with Crippen LogP contribution in [-0.2, 0) is 0 Å². The van der Waals surface area contributed by atoms with Gasteiger partial charge in [-0.05, 0) is 18.2 Å². The molecule has 0 amide bonds. The van der Waals surface area contributed by atoms with Crippen LogP contribution in [0.4, 0.5) is 10.1 Å². The van der Waals surface area contributed by atoms with E-state index in [0.29, 0.717) is 22.2 Å². The van der Waals surface area contributed by atoms with Gasteiger partial charge in [0.1, 0.15) is 11.6 Å². The standard InChI is InChI=1S/C11H10FNO/c1-14-10-6-5-9(13)7-3-2-4-8(12)11(7)10/h2-6H,13H2,1H3. The Hall–Kier alpha value is -1.77. The lowest BCUT2D eigenvalue weighted by Gasteiger charge is -2.07. The largest absolute Gasteiger partial charge is 0.496 e. The Morgan fingerprint density at radius 3 is 2.71 bits per heavy atom. The zero-order valence-electron chi connectivity index (χ0n) is 7.75. The molecule has 2 N–H and O–H groups in total. The molecular formula is C11H10FNO. The first-order valence-electron chi connectivity index (χ1n) is 4.24. The molecule has 0 unspecified atom stereocenters. The van der Waals surface area contributed by atoms with Gasteiger partial charge in [-0.25, -0.2) is 4.39 Å². The van der Waals surface area contributed by atoms with Crippen LogP contribution in [0.15, 0.2) is 30.3 Å². The number of rotatable bonds is 1. The molecule has 0 aliphatic heterocycles. The SMILES string of the molecule is COc1ccc(N)c2cccc(F)c12. The van der Waals surface area contributed by atoms with Crippen LogP contribution >= 0.6 is 0 Å². The van der Waals surface area contributed by atoms with E-state index in [0.717, 1.165) is 0 Å². The summed E-state index contributed by atoms with van der Waals surface area (Å²) in [4.78, 5) is 0. The van der Waals surface area contributed by atoms with Crippen molar-refractivity contribution in [2.24, 2.45) is 0 Å². The predicted molar refractivity (Wildman–Crippen MR) is 54.9 cm³/mol. The zero-order valence-corrected chi connectivity index (χ0v) is 7.75. The highest BCUT2D eigenvalue weighted by molar-refractivity contribution is 5.97. The molecule has 0 bridgehead atoms. The Labute approximate surface area is 81.1 Å². The quantitative estimate of drug-likeness (QED) is 0.703. The first-order chi connectivity index (χ1) is 6.74. The fourth-order valence-electron chi connectivity index (χ4n) is 1.52. The number of nitrogen functional groups attached to an aromatic ring is 1. The van der Waals surface area contributed by atoms with Crippen molar-refractivity contribution in [3.05, 3.63) is 36.1 Å². The van der Waals surface area contributed by atoms with Gasteiger partial charge in [-0.3, -0.25) is 0 Å². The van der Waals surface area contributed by atoms with E-state index < -0.39 is 0 Å². The molecule has 0 spiro atoms. The normalized spacial score (nSPS) is 10.4. The lowest BCUT2D eigenvalue weighted by atomic mass is 10.1. The smallest absolute Gasteiger partial charge is 0.134 e. The number of ether oxygens (including phenoxy) is 1. The van der Waals surface area contributed by atoms with Crippen molar-refractivity contribution in [2.75, 3.05) is 12.8 Å². The second-order valence-electron chi connectivity index (χ2n) is 3.02. The van der Waals surface area contributed by atoms with Gasteiger partial charge in [0, 0.05) is 11.1 Å². The van der Waals surface area contributed by atoms with Crippen LogP contribution in [0.3, 0.4) is 0 Å². The number of hydrogen-bond donors (Lipinski definition) is 1. The average Bonchev–Trinajstić information content (AvgIpc) is 2.20. The van der Waals surface area contributed by atoms with Crippen LogP contribution in [0.1, 0.15) is 0 Å². The molecule has 2 nitrogen and oxygen atoms in total. The molecule has 0 saturated carbocycles. The summed E-state index contributed by atoms with van der Waals surface area (Å²) in [5, 5.41) is 1.12. The molecule has 2 aromatic rings. The van der Waals surface area contributed by atoms with Crippen molar-refractivity contribution in [3.63, 3.8) is 0 Å². The summed E-state index contributed by atoms with van der Waals surface area (Å²) in [6.07, 6.45) is 0. The predicted octanol–water partition coefficient (Wildman–Crippen LogP) is 2.57. The van der Waals surface area contributed by atoms with E-state index in [9.17, 15) is 4.39 Å². The minimum absolute atomic E-state index is 0.313. The molecule has 0 saturated heterocycles. The molecular weight excluding hydrogens is 181 g/mol. The van der Waals surface area contributed by atoms with Crippen molar-refractivity contribution in [1.82, 2.24) is 0 Å². The maximum atomic E-state index is 13.5. The van der Waals surface area contributed by atoms with Gasteiger partial charge < -0.3 is 10.5 Å². The molecule has 0 aliphatic rings. The second-order valence-corrected chi connectivity index (χ2v) is 3.02. The Balaban J connectivity index is 2.92. The second kappa shape index (κ2) is 3.18. The van der Waals surface area contributed by atoms with E-state index in [2.05, 4.69) is 0 Å². The third kappa shape index (κ3) is 1.18. The number of nitrogens with two attached hydrogens (primary N) is 1. The first-order valence-corrected chi connectivity index (χ1v) is 4.24. The fraction of sp³-hybridized carbons (Fsp3) is 0.0909. The number of anilines is 1. The Morgan fingerprint density at radius 1 is 1.21 bits per heavy atom. The van der Waals surface area contributed by atoms with Crippen LogP contribution in [0, 0.1) is 5.82 Å². The lowest BCUT2D eigenvalue weighted by Crippen LogP contribution is -1.92. The molecule has 14 heavy (non-hydrogen) atoms. The number of hydrogen-bond acceptors (Lipinski definition) is 2. The third-order valence-electron chi connectivity index (χ3n) is 2.21. The maximum absolute atomic E-state index is 13.5. The van der Waals surface area contributed by atoms with E-state index in [1.165, 1.54) is 13.2 Å². The molecule has 0 aliphatic carbocycles. The highest BCUT2D eigenvalue weighted by Gasteiger charge is 2.08. The maximum Gasteiger partial charge on any atom is 0.134 e. The van der Waals surface area contributed by atoms with Gasteiger partial charge in [0.25, 0.3) is 0 Å². The Bertz CT molecular complexity index is 482. The molecule has 2 rings (SSSR count). The molecule has 0 radical (unpaired) electrons. The summed E-state index contributed by atoms with van der Waals surface area (Å²) in [5.41, 5.74) is 6.28. The van der Waals surface area contributed by atoms with Crippen molar-refractivity contribution < 1.29 is 9.13 Å². The summed E-state index contributed by atoms with van der Waals surface area (Å²) >= 11 is 0. The zero-order chi connectivity index (χ0) is 10.1. The van der Waals surface area contributed by atoms with E-state index >= 15 is 0 Å². The number of halogens is 1. The number of fused-ring (bicyclic) bond motifs is 1. The van der Waals surface area contributed by atoms with Crippen molar-refractivity contribution in [1.29, 1.82) is 0 Å². The van der Waals surface area contributed by atoms with Gasteiger partial charge in [0.2, 0.25) is 0 Å². The van der Waals surface area contributed by atoms with Crippen molar-refractivity contribution in [2.45, 2.75) is 0 Å². The summed E-state index contributed by atoms with van der Waals surface area (Å²) in [6.45, 7) is 0. The number of benzene rings is 2. The lowest BCUT2D eigenvalue weighted by molar-refractivity contribution is 0.418. The molecule has 0 fully saturated rings. The molecule has 3 heteroatoms. The van der Waals surface area contributed by atoms with E-state index in [1.54, 1.807) is 24.3 Å². The van der Waals surface area contributed by atoms with E-state index in [1.807, 2.05) is 0 Å². The van der Waals surface area contributed by atoms with Gasteiger partial charge in [0.05, 0.1) is 12.5 Å². The van der Waals surface area contributed by atoms with Crippen molar-refractivity contribution >= 4 is 16.5 Å². The third-order valence-corrected chi connectivity index (χ3v) is 2.21. The molecule has 0 heterocycles. The average molecular weight is 191 g/mol. The minimum Gasteiger partial charge on any atom is -0.496 e. The highest BCUT2D eigenvalue weighted by atomic mass is 19.1. The first kappa shape index (κ1) is 8.81. The van der Waals surface area contributed by atoms with Crippen molar-refractivity contribution in [3.8, 4) is 5.75 Å². The van der Waals surface area contributed by atoms with Gasteiger partial charge >= 0.3 is 0 Å². The topological polar surface area (TPSA) is 35.2 Å². The summed E-state index contributed by atoms with van der Waals surface area (Å²) in [7, 11) is 1.51. The van der Waals surface area contributed by atoms with Crippen LogP contribution in [-0.4, -0.2) is 7.11 Å². The van der Waals surface area contributed by atoms with Gasteiger partial charge in [-0.1, -0.05) is 12.1 Å². The highest BCUT2D eigenvalue weighted by Crippen LogP contribution is 2.31. The molecule has 72 valence electrons. The van der Waals surface area contributed by atoms with E-state index in [-0.39, 0.29) is 5.82 Å². The monoisotopic (exact) mass is 191 g/mol. The van der Waals surface area contributed by atoms with Crippen LogP contribution in [0.5, 0.6) is 5.75 Å². The van der Waals surface area contributed by atoms with Gasteiger partial charge in [-0.15, -0.1) is 0 Å². The number of methoxy groups -OCH3 is 1. The summed E-state index contributed by atoms with van der Waals surface area (Å²) in [5.74, 6) is 0.193. The molecule has 2 aromatic carbocycles. The fourth-order valence-corrected chi connectivity index (χ4v) is 1.52. The molecule has 0 aromatic heterocycles. The summed E-state index contributed by atoms with van der Waals surface area (Å²) in [6, 6.07) is 8.18. The minimum atomic E-state index is -0.313. The van der Waals surface area contributed by atoms with Crippen LogP contribution in [0.2, 0.25) is 0 Å². The van der Waals surface area contributed by atoms with Gasteiger partial charge in [-0.2, -0.15) is 0 Å². The Morgan fingerprint density at radius 2 is 2.00 bits per heavy atom. The van der Waals surface area contributed by atoms with Crippen LogP contribution < -0.4 is 10.5 Å². The Kier molecular flexibility index (Phi) is 2.00. The van der Waals surface area contributed by atoms with Crippen LogP contribution in [0.25, 0.3) is 10.8 Å². The summed E-state index contributed by atoms with van der Waals surface area (Å²) < 4.78 is 18.5. The molecule has 0 atom stereocenters. The van der Waals surface area contributed by atoms with Gasteiger partial charge in [0.15, 0.2) is 0 Å². The van der Waals surface area contributed by atoms with E-state index in [4.69, 9.17) is 10.5 Å².